The van der Waals surface area contributed by atoms with Crippen LogP contribution in [0.1, 0.15) is 6.42 Å². The molecule has 1 saturated heterocycles. The third kappa shape index (κ3) is 1.78. The van der Waals surface area contributed by atoms with Crippen LogP contribution >= 0.6 is 0 Å². The lowest BCUT2D eigenvalue weighted by atomic mass is 10.4. The molecular weight excluding hydrogens is 108 g/mol. The standard InChI is InChI=1S/C5H10O3/c6-5-1-2-7-3-4-8-5/h5-6H,1-4H2. The first-order chi connectivity index (χ1) is 3.89. The monoisotopic (exact) mass is 118 g/mol. The summed E-state index contributed by atoms with van der Waals surface area (Å²) in [4.78, 5) is 0. The summed E-state index contributed by atoms with van der Waals surface area (Å²) >= 11 is 0. The minimum Gasteiger partial charge on any atom is -0.379 e. The molecule has 1 N–H and O–H groups in total. The van der Waals surface area contributed by atoms with Crippen molar-refractivity contribution in [2.45, 2.75) is 12.7 Å². The summed E-state index contributed by atoms with van der Waals surface area (Å²) in [5, 5.41) is 8.79. The van der Waals surface area contributed by atoms with Crippen LogP contribution in [-0.4, -0.2) is 31.2 Å². The third-order valence-corrected chi connectivity index (χ3v) is 1.05. The van der Waals surface area contributed by atoms with Gasteiger partial charge >= 0.3 is 0 Å². The van der Waals surface area contributed by atoms with Gasteiger partial charge in [-0.2, -0.15) is 0 Å². The Labute approximate surface area is 48.2 Å². The second-order valence-electron chi connectivity index (χ2n) is 1.73. The van der Waals surface area contributed by atoms with Gasteiger partial charge in [0.25, 0.3) is 0 Å². The molecule has 1 aliphatic heterocycles. The molecule has 0 aromatic rings. The van der Waals surface area contributed by atoms with Crippen LogP contribution in [0.4, 0.5) is 0 Å². The zero-order valence-electron chi connectivity index (χ0n) is 4.67. The van der Waals surface area contributed by atoms with Gasteiger partial charge in [0.05, 0.1) is 19.8 Å². The summed E-state index contributed by atoms with van der Waals surface area (Å²) in [6.07, 6.45) is -0.00231. The van der Waals surface area contributed by atoms with E-state index in [4.69, 9.17) is 14.6 Å². The first kappa shape index (κ1) is 6.01. The zero-order valence-corrected chi connectivity index (χ0v) is 4.67. The lowest BCUT2D eigenvalue weighted by molar-refractivity contribution is -0.0921. The molecule has 0 aromatic carbocycles. The number of rotatable bonds is 0. The normalized spacial score (nSPS) is 31.9. The van der Waals surface area contributed by atoms with Crippen LogP contribution in [0.5, 0.6) is 0 Å². The highest BCUT2D eigenvalue weighted by atomic mass is 16.6. The second-order valence-corrected chi connectivity index (χ2v) is 1.73. The van der Waals surface area contributed by atoms with E-state index in [1.807, 2.05) is 0 Å². The van der Waals surface area contributed by atoms with Crippen molar-refractivity contribution in [3.8, 4) is 0 Å². The van der Waals surface area contributed by atoms with Crippen LogP contribution in [0.15, 0.2) is 0 Å². The predicted octanol–water partition coefficient (Wildman–Crippen LogP) is -0.258. The van der Waals surface area contributed by atoms with Gasteiger partial charge in [-0.15, -0.1) is 0 Å². The van der Waals surface area contributed by atoms with Crippen molar-refractivity contribution in [2.75, 3.05) is 19.8 Å². The minimum absolute atomic E-state index is 0.515. The lowest BCUT2D eigenvalue weighted by Crippen LogP contribution is -2.10. The molecular formula is C5H10O3. The summed E-state index contributed by atoms with van der Waals surface area (Å²) in [6.45, 7) is 1.74. The number of ether oxygens (including phenoxy) is 2. The van der Waals surface area contributed by atoms with Gasteiger partial charge in [-0.05, 0) is 0 Å². The summed E-state index contributed by atoms with van der Waals surface area (Å²) < 4.78 is 9.81. The van der Waals surface area contributed by atoms with Crippen LogP contribution < -0.4 is 0 Å². The molecule has 0 aromatic heterocycles. The van der Waals surface area contributed by atoms with Crippen LogP contribution in [0.2, 0.25) is 0 Å². The summed E-state index contributed by atoms with van der Waals surface area (Å²) in [6, 6.07) is 0. The number of hydrogen-bond acceptors (Lipinski definition) is 3. The molecule has 1 fully saturated rings. The predicted molar refractivity (Wildman–Crippen MR) is 27.4 cm³/mol. The molecule has 48 valence electrons. The van der Waals surface area contributed by atoms with Crippen molar-refractivity contribution in [3.63, 3.8) is 0 Å². The molecule has 0 bridgehead atoms. The van der Waals surface area contributed by atoms with Crippen molar-refractivity contribution in [1.29, 1.82) is 0 Å². The molecule has 1 aliphatic rings. The van der Waals surface area contributed by atoms with Gasteiger partial charge < -0.3 is 14.6 Å². The van der Waals surface area contributed by atoms with Gasteiger partial charge in [-0.3, -0.25) is 0 Å². The van der Waals surface area contributed by atoms with Crippen molar-refractivity contribution >= 4 is 0 Å². The van der Waals surface area contributed by atoms with E-state index in [2.05, 4.69) is 0 Å². The second kappa shape index (κ2) is 3.02. The van der Waals surface area contributed by atoms with Crippen molar-refractivity contribution < 1.29 is 14.6 Å². The van der Waals surface area contributed by atoms with E-state index in [-0.39, 0.29) is 0 Å². The van der Waals surface area contributed by atoms with Gasteiger partial charge in [0.15, 0.2) is 6.29 Å². The highest BCUT2D eigenvalue weighted by Gasteiger charge is 2.06. The molecule has 8 heavy (non-hydrogen) atoms. The zero-order chi connectivity index (χ0) is 5.82. The summed E-state index contributed by atoms with van der Waals surface area (Å²) in [5.74, 6) is 0. The average Bonchev–Trinajstić information content (AvgIpc) is 1.94. The van der Waals surface area contributed by atoms with E-state index in [0.717, 1.165) is 0 Å². The Morgan fingerprint density at radius 3 is 3.00 bits per heavy atom. The van der Waals surface area contributed by atoms with Crippen LogP contribution in [0, 0.1) is 0 Å². The van der Waals surface area contributed by atoms with E-state index in [1.165, 1.54) is 0 Å². The van der Waals surface area contributed by atoms with Gasteiger partial charge in [0.2, 0.25) is 0 Å². The quantitative estimate of drug-likeness (QED) is 0.476. The van der Waals surface area contributed by atoms with E-state index in [9.17, 15) is 0 Å². The molecule has 0 aliphatic carbocycles. The Hall–Kier alpha value is -0.120. The number of hydrogen-bond donors (Lipinski definition) is 1. The number of aliphatic hydroxyl groups is 1. The van der Waals surface area contributed by atoms with E-state index >= 15 is 0 Å². The summed E-state index contributed by atoms with van der Waals surface area (Å²) in [7, 11) is 0. The minimum atomic E-state index is -0.600. The largest absolute Gasteiger partial charge is 0.379 e. The smallest absolute Gasteiger partial charge is 0.156 e. The van der Waals surface area contributed by atoms with E-state index < -0.39 is 6.29 Å². The van der Waals surface area contributed by atoms with E-state index in [1.54, 1.807) is 0 Å². The Morgan fingerprint density at radius 1 is 1.25 bits per heavy atom. The molecule has 3 heteroatoms. The fourth-order valence-corrected chi connectivity index (χ4v) is 0.613. The maximum Gasteiger partial charge on any atom is 0.156 e. The van der Waals surface area contributed by atoms with Crippen LogP contribution in [0.3, 0.4) is 0 Å². The Bertz CT molecular complexity index is 56.7. The SMILES string of the molecule is OC1CCOCCO1. The Kier molecular flexibility index (Phi) is 2.27. The number of aliphatic hydroxyl groups excluding tert-OH is 1. The van der Waals surface area contributed by atoms with Gasteiger partial charge in [0.1, 0.15) is 0 Å². The van der Waals surface area contributed by atoms with Gasteiger partial charge in [0, 0.05) is 6.42 Å². The average molecular weight is 118 g/mol. The van der Waals surface area contributed by atoms with E-state index in [0.29, 0.717) is 26.2 Å². The van der Waals surface area contributed by atoms with Gasteiger partial charge in [-0.25, -0.2) is 0 Å². The molecule has 3 nitrogen and oxygen atoms in total. The molecule has 1 heterocycles. The third-order valence-electron chi connectivity index (χ3n) is 1.05. The molecule has 0 spiro atoms. The maximum atomic E-state index is 8.79. The highest BCUT2D eigenvalue weighted by Crippen LogP contribution is 1.98. The lowest BCUT2D eigenvalue weighted by Gasteiger charge is -2.03. The van der Waals surface area contributed by atoms with Crippen molar-refractivity contribution in [3.05, 3.63) is 0 Å². The van der Waals surface area contributed by atoms with Crippen molar-refractivity contribution in [2.24, 2.45) is 0 Å². The molecule has 0 saturated carbocycles. The molecule has 0 amide bonds. The molecule has 1 rings (SSSR count). The first-order valence-electron chi connectivity index (χ1n) is 2.77. The van der Waals surface area contributed by atoms with Crippen LogP contribution in [-0.2, 0) is 9.47 Å². The fraction of sp³-hybridized carbons (Fsp3) is 1.00. The Balaban J connectivity index is 2.17. The molecule has 1 unspecified atom stereocenters. The topological polar surface area (TPSA) is 38.7 Å². The molecule has 0 radical (unpaired) electrons. The van der Waals surface area contributed by atoms with Crippen molar-refractivity contribution in [1.82, 2.24) is 0 Å². The molecule has 1 atom stereocenters. The maximum absolute atomic E-state index is 8.79. The first-order valence-corrected chi connectivity index (χ1v) is 2.77. The van der Waals surface area contributed by atoms with Crippen LogP contribution in [0.25, 0.3) is 0 Å². The Morgan fingerprint density at radius 2 is 2.12 bits per heavy atom. The summed E-state index contributed by atoms with van der Waals surface area (Å²) in [5.41, 5.74) is 0. The van der Waals surface area contributed by atoms with Gasteiger partial charge in [-0.1, -0.05) is 0 Å². The fourth-order valence-electron chi connectivity index (χ4n) is 0.613. The highest BCUT2D eigenvalue weighted by molar-refractivity contribution is 4.45.